The molecule has 0 fully saturated rings. The van der Waals surface area contributed by atoms with Gasteiger partial charge in [-0.15, -0.1) is 0 Å². The number of anilines is 1. The maximum atomic E-state index is 11.0. The third-order valence-electron chi connectivity index (χ3n) is 1.71. The number of hydrogen-bond acceptors (Lipinski definition) is 3. The maximum absolute atomic E-state index is 11.0. The van der Waals surface area contributed by atoms with Gasteiger partial charge in [0.2, 0.25) is 0 Å². The molecule has 3 nitrogen and oxygen atoms in total. The van der Waals surface area contributed by atoms with Crippen molar-refractivity contribution < 1.29 is 9.53 Å². The molecule has 0 radical (unpaired) electrons. The van der Waals surface area contributed by atoms with Crippen LogP contribution in [0.2, 0.25) is 10.0 Å². The molecule has 0 unspecified atom stereocenters. The first-order valence-electron chi connectivity index (χ1n) is 3.84. The van der Waals surface area contributed by atoms with Gasteiger partial charge >= 0.3 is 5.97 Å². The van der Waals surface area contributed by atoms with E-state index < -0.39 is 5.97 Å². The Hall–Kier alpha value is -0.930. The van der Waals surface area contributed by atoms with E-state index in [0.717, 1.165) is 0 Å². The average molecular weight is 234 g/mol. The summed E-state index contributed by atoms with van der Waals surface area (Å²) in [6.07, 6.45) is 0.0500. The fourth-order valence-electron chi connectivity index (χ4n) is 1.01. The molecule has 0 atom stereocenters. The first-order chi connectivity index (χ1) is 6.54. The molecule has 1 aromatic carbocycles. The number of ether oxygens (including phenoxy) is 1. The van der Waals surface area contributed by atoms with Crippen molar-refractivity contribution in [2.24, 2.45) is 0 Å². The van der Waals surface area contributed by atoms with Crippen molar-refractivity contribution in [3.05, 3.63) is 27.7 Å². The SMILES string of the molecule is COC(=O)Cc1c(Cl)cc(N)cc1Cl. The van der Waals surface area contributed by atoms with Crippen LogP contribution < -0.4 is 5.73 Å². The minimum atomic E-state index is -0.390. The summed E-state index contributed by atoms with van der Waals surface area (Å²) in [5, 5.41) is 0.751. The number of nitrogen functional groups attached to an aromatic ring is 1. The van der Waals surface area contributed by atoms with Crippen molar-refractivity contribution in [3.63, 3.8) is 0 Å². The number of carbonyl (C=O) groups is 1. The molecule has 0 saturated carbocycles. The minimum absolute atomic E-state index is 0.0500. The van der Waals surface area contributed by atoms with E-state index in [4.69, 9.17) is 28.9 Å². The quantitative estimate of drug-likeness (QED) is 0.630. The van der Waals surface area contributed by atoms with Crippen LogP contribution in [-0.2, 0) is 16.0 Å². The van der Waals surface area contributed by atoms with Gasteiger partial charge in [0.1, 0.15) is 0 Å². The molecular formula is C9H9Cl2NO2. The van der Waals surface area contributed by atoms with Crippen molar-refractivity contribution in [2.45, 2.75) is 6.42 Å². The van der Waals surface area contributed by atoms with Gasteiger partial charge in [0, 0.05) is 21.3 Å². The first-order valence-corrected chi connectivity index (χ1v) is 4.60. The van der Waals surface area contributed by atoms with E-state index >= 15 is 0 Å². The molecule has 0 bridgehead atoms. The zero-order chi connectivity index (χ0) is 10.7. The van der Waals surface area contributed by atoms with Gasteiger partial charge in [-0.3, -0.25) is 4.79 Å². The predicted octanol–water partition coefficient (Wildman–Crippen LogP) is 2.29. The molecule has 0 aliphatic carbocycles. The lowest BCUT2D eigenvalue weighted by Crippen LogP contribution is -2.05. The predicted molar refractivity (Wildman–Crippen MR) is 56.6 cm³/mol. The number of hydrogen-bond donors (Lipinski definition) is 1. The van der Waals surface area contributed by atoms with E-state index in [1.165, 1.54) is 7.11 Å². The zero-order valence-corrected chi connectivity index (χ0v) is 9.02. The molecule has 0 heterocycles. The second-order valence-corrected chi connectivity index (χ2v) is 3.53. The molecule has 0 spiro atoms. The summed E-state index contributed by atoms with van der Waals surface area (Å²) in [6.45, 7) is 0. The first kappa shape index (κ1) is 11.1. The van der Waals surface area contributed by atoms with E-state index in [1.807, 2.05) is 0 Å². The minimum Gasteiger partial charge on any atom is -0.469 e. The molecule has 14 heavy (non-hydrogen) atoms. The molecule has 0 saturated heterocycles. The van der Waals surface area contributed by atoms with Crippen LogP contribution in [0.25, 0.3) is 0 Å². The standard InChI is InChI=1S/C9H9Cl2NO2/c1-14-9(13)4-6-7(10)2-5(12)3-8(6)11/h2-3H,4,12H2,1H3. The lowest BCUT2D eigenvalue weighted by Gasteiger charge is -2.06. The van der Waals surface area contributed by atoms with Gasteiger partial charge in [0.15, 0.2) is 0 Å². The smallest absolute Gasteiger partial charge is 0.310 e. The Labute approximate surface area is 91.7 Å². The van der Waals surface area contributed by atoms with Crippen LogP contribution in [0, 0.1) is 0 Å². The molecule has 2 N–H and O–H groups in total. The zero-order valence-electron chi connectivity index (χ0n) is 7.51. The molecule has 1 rings (SSSR count). The number of rotatable bonds is 2. The van der Waals surface area contributed by atoms with Gasteiger partial charge in [-0.2, -0.15) is 0 Å². The summed E-state index contributed by atoms with van der Waals surface area (Å²) in [4.78, 5) is 11.0. The Balaban J connectivity index is 3.02. The molecule has 1 aromatic rings. The highest BCUT2D eigenvalue weighted by atomic mass is 35.5. The third kappa shape index (κ3) is 2.53. The second-order valence-electron chi connectivity index (χ2n) is 2.72. The van der Waals surface area contributed by atoms with E-state index in [9.17, 15) is 4.79 Å². The van der Waals surface area contributed by atoms with Gasteiger partial charge in [0.05, 0.1) is 13.5 Å². The summed E-state index contributed by atoms with van der Waals surface area (Å²) in [7, 11) is 1.31. The van der Waals surface area contributed by atoms with E-state index in [-0.39, 0.29) is 6.42 Å². The van der Waals surface area contributed by atoms with Crippen LogP contribution in [0.4, 0.5) is 5.69 Å². The molecule has 0 aliphatic heterocycles. The van der Waals surface area contributed by atoms with Crippen molar-refractivity contribution in [1.29, 1.82) is 0 Å². The van der Waals surface area contributed by atoms with Gasteiger partial charge in [-0.25, -0.2) is 0 Å². The summed E-state index contributed by atoms with van der Waals surface area (Å²) in [5.41, 5.74) is 6.51. The lowest BCUT2D eigenvalue weighted by molar-refractivity contribution is -0.139. The van der Waals surface area contributed by atoms with Gasteiger partial charge in [0.25, 0.3) is 0 Å². The summed E-state index contributed by atoms with van der Waals surface area (Å²) in [5.74, 6) is -0.390. The van der Waals surface area contributed by atoms with Crippen LogP contribution in [0.1, 0.15) is 5.56 Å². The topological polar surface area (TPSA) is 52.3 Å². The molecule has 0 aliphatic rings. The molecule has 76 valence electrons. The number of methoxy groups -OCH3 is 1. The molecule has 5 heteroatoms. The van der Waals surface area contributed by atoms with Crippen LogP contribution in [0.3, 0.4) is 0 Å². The number of nitrogens with two attached hydrogens (primary N) is 1. The average Bonchev–Trinajstić information content (AvgIpc) is 2.10. The van der Waals surface area contributed by atoms with Crippen molar-refractivity contribution in [2.75, 3.05) is 12.8 Å². The van der Waals surface area contributed by atoms with E-state index in [0.29, 0.717) is 21.3 Å². The summed E-state index contributed by atoms with van der Waals surface area (Å²) >= 11 is 11.7. The third-order valence-corrected chi connectivity index (χ3v) is 2.39. The molecule has 0 aromatic heterocycles. The van der Waals surface area contributed by atoms with E-state index in [1.54, 1.807) is 12.1 Å². The fraction of sp³-hybridized carbons (Fsp3) is 0.222. The van der Waals surface area contributed by atoms with Gasteiger partial charge in [-0.1, -0.05) is 23.2 Å². The largest absolute Gasteiger partial charge is 0.469 e. The van der Waals surface area contributed by atoms with Crippen LogP contribution in [0.15, 0.2) is 12.1 Å². The monoisotopic (exact) mass is 233 g/mol. The number of carbonyl (C=O) groups excluding carboxylic acids is 1. The molecule has 0 amide bonds. The summed E-state index contributed by atoms with van der Waals surface area (Å²) < 4.78 is 4.51. The van der Waals surface area contributed by atoms with Gasteiger partial charge < -0.3 is 10.5 Å². The highest BCUT2D eigenvalue weighted by molar-refractivity contribution is 6.36. The number of benzene rings is 1. The van der Waals surface area contributed by atoms with Crippen molar-refractivity contribution >= 4 is 34.9 Å². The van der Waals surface area contributed by atoms with E-state index in [2.05, 4.69) is 4.74 Å². The Bertz CT molecular complexity index is 343. The number of esters is 1. The van der Waals surface area contributed by atoms with Crippen LogP contribution in [0.5, 0.6) is 0 Å². The highest BCUT2D eigenvalue weighted by Gasteiger charge is 2.11. The normalized spacial score (nSPS) is 9.93. The van der Waals surface area contributed by atoms with Crippen LogP contribution in [-0.4, -0.2) is 13.1 Å². The molecular weight excluding hydrogens is 225 g/mol. The Morgan fingerprint density at radius 1 is 1.43 bits per heavy atom. The Kier molecular flexibility index (Phi) is 3.61. The Morgan fingerprint density at radius 3 is 2.36 bits per heavy atom. The summed E-state index contributed by atoms with van der Waals surface area (Å²) in [6, 6.07) is 3.09. The van der Waals surface area contributed by atoms with Gasteiger partial charge in [-0.05, 0) is 12.1 Å². The number of halogens is 2. The lowest BCUT2D eigenvalue weighted by atomic mass is 10.1. The Morgan fingerprint density at radius 2 is 1.93 bits per heavy atom. The maximum Gasteiger partial charge on any atom is 0.310 e. The van der Waals surface area contributed by atoms with Crippen LogP contribution >= 0.6 is 23.2 Å². The highest BCUT2D eigenvalue weighted by Crippen LogP contribution is 2.28. The second kappa shape index (κ2) is 4.53. The fourth-order valence-corrected chi connectivity index (χ4v) is 1.65. The van der Waals surface area contributed by atoms with Crippen molar-refractivity contribution in [1.82, 2.24) is 0 Å². The van der Waals surface area contributed by atoms with Crippen molar-refractivity contribution in [3.8, 4) is 0 Å².